The number of carboxylic acid groups (broad SMARTS) is 1. The average Bonchev–Trinajstić information content (AvgIpc) is 2.41. The Morgan fingerprint density at radius 3 is 1.53 bits per heavy atom. The standard InChI is InChI=1S/C15H11ClO2.K/c16-14(15(17)18)13(11-7-3-1-4-8-11)12-9-5-2-6-10-12;/h1-10H,(H,17,18);/q;+1/p-1. The zero-order valence-electron chi connectivity index (χ0n) is 10.5. The normalized spacial score (nSPS) is 9.32. The van der Waals surface area contributed by atoms with Gasteiger partial charge in [0.2, 0.25) is 0 Å². The third kappa shape index (κ3) is 4.28. The first kappa shape index (κ1) is 16.6. The fourth-order valence-electron chi connectivity index (χ4n) is 1.73. The van der Waals surface area contributed by atoms with Crippen molar-refractivity contribution in [3.63, 3.8) is 0 Å². The van der Waals surface area contributed by atoms with Crippen molar-refractivity contribution in [1.29, 1.82) is 0 Å². The Kier molecular flexibility index (Phi) is 7.00. The van der Waals surface area contributed by atoms with Gasteiger partial charge in [-0.3, -0.25) is 0 Å². The summed E-state index contributed by atoms with van der Waals surface area (Å²) in [6, 6.07) is 18.3. The molecule has 0 aliphatic heterocycles. The number of carboxylic acids is 1. The van der Waals surface area contributed by atoms with Crippen LogP contribution in [0.15, 0.2) is 65.7 Å². The Bertz CT molecular complexity index is 538. The molecule has 2 aromatic carbocycles. The van der Waals surface area contributed by atoms with E-state index in [1.54, 1.807) is 0 Å². The van der Waals surface area contributed by atoms with Gasteiger partial charge in [0.15, 0.2) is 0 Å². The zero-order chi connectivity index (χ0) is 13.0. The molecule has 2 aromatic rings. The topological polar surface area (TPSA) is 40.1 Å². The number of aliphatic carboxylic acids is 1. The summed E-state index contributed by atoms with van der Waals surface area (Å²) in [5, 5.41) is 10.7. The number of carbonyl (C=O) groups is 1. The Morgan fingerprint density at radius 1 is 0.842 bits per heavy atom. The molecule has 0 unspecified atom stereocenters. The molecule has 0 saturated carbocycles. The van der Waals surface area contributed by atoms with Crippen molar-refractivity contribution in [2.75, 3.05) is 0 Å². The molecule has 90 valence electrons. The number of benzene rings is 2. The van der Waals surface area contributed by atoms with Gasteiger partial charge in [-0.05, 0) is 11.1 Å². The summed E-state index contributed by atoms with van der Waals surface area (Å²) in [5.74, 6) is -1.38. The van der Waals surface area contributed by atoms with Crippen LogP contribution in [-0.2, 0) is 4.79 Å². The van der Waals surface area contributed by atoms with Crippen LogP contribution in [0, 0.1) is 0 Å². The quantitative estimate of drug-likeness (QED) is 0.563. The molecule has 19 heavy (non-hydrogen) atoms. The van der Waals surface area contributed by atoms with E-state index in [4.69, 9.17) is 11.6 Å². The maximum absolute atomic E-state index is 11.0. The number of hydrogen-bond acceptors (Lipinski definition) is 2. The molecule has 0 aliphatic carbocycles. The van der Waals surface area contributed by atoms with Gasteiger partial charge in [-0.15, -0.1) is 0 Å². The molecule has 0 aliphatic rings. The molecule has 2 nitrogen and oxygen atoms in total. The Labute approximate surface area is 159 Å². The summed E-state index contributed by atoms with van der Waals surface area (Å²) in [4.78, 5) is 11.0. The maximum Gasteiger partial charge on any atom is 1.00 e. The van der Waals surface area contributed by atoms with E-state index >= 15 is 0 Å². The van der Waals surface area contributed by atoms with E-state index in [9.17, 15) is 9.90 Å². The van der Waals surface area contributed by atoms with Crippen molar-refractivity contribution in [3.8, 4) is 0 Å². The van der Waals surface area contributed by atoms with E-state index < -0.39 is 5.97 Å². The molecule has 0 amide bonds. The van der Waals surface area contributed by atoms with Gasteiger partial charge in [0.1, 0.15) is 0 Å². The van der Waals surface area contributed by atoms with Crippen LogP contribution < -0.4 is 56.5 Å². The summed E-state index contributed by atoms with van der Waals surface area (Å²) in [7, 11) is 0. The van der Waals surface area contributed by atoms with Gasteiger partial charge in [-0.1, -0.05) is 72.3 Å². The summed E-state index contributed by atoms with van der Waals surface area (Å²) < 4.78 is 0. The SMILES string of the molecule is O=C([O-])C(Cl)=C(c1ccccc1)c1ccccc1.[K+]. The molecule has 0 aromatic heterocycles. The third-order valence-electron chi connectivity index (χ3n) is 2.52. The van der Waals surface area contributed by atoms with Crippen LogP contribution in [-0.4, -0.2) is 5.97 Å². The molecule has 0 saturated heterocycles. The smallest absolute Gasteiger partial charge is 0.544 e. The Balaban J connectivity index is 0.00000180. The number of hydrogen-bond donors (Lipinski definition) is 0. The number of carbonyl (C=O) groups excluding carboxylic acids is 1. The van der Waals surface area contributed by atoms with E-state index in [0.29, 0.717) is 5.57 Å². The molecule has 4 heteroatoms. The molecule has 0 radical (unpaired) electrons. The zero-order valence-corrected chi connectivity index (χ0v) is 14.3. The van der Waals surface area contributed by atoms with Crippen molar-refractivity contribution < 1.29 is 61.3 Å². The van der Waals surface area contributed by atoms with Crippen LogP contribution in [0.1, 0.15) is 11.1 Å². The van der Waals surface area contributed by atoms with Gasteiger partial charge in [0.25, 0.3) is 0 Å². The predicted octanol–water partition coefficient (Wildman–Crippen LogP) is -0.561. The first-order valence-corrected chi connectivity index (χ1v) is 5.80. The molecule has 0 N–H and O–H groups in total. The molecule has 0 bridgehead atoms. The van der Waals surface area contributed by atoms with Gasteiger partial charge in [-0.2, -0.15) is 0 Å². The summed E-state index contributed by atoms with van der Waals surface area (Å²) >= 11 is 5.87. The summed E-state index contributed by atoms with van der Waals surface area (Å²) in [6.07, 6.45) is 0. The van der Waals surface area contributed by atoms with Crippen molar-refractivity contribution in [2.24, 2.45) is 0 Å². The fourth-order valence-corrected chi connectivity index (χ4v) is 1.95. The first-order valence-electron chi connectivity index (χ1n) is 5.42. The number of halogens is 1. The van der Waals surface area contributed by atoms with Crippen LogP contribution in [0.4, 0.5) is 0 Å². The van der Waals surface area contributed by atoms with Crippen LogP contribution in [0.2, 0.25) is 0 Å². The van der Waals surface area contributed by atoms with E-state index in [1.807, 2.05) is 60.7 Å². The molecule has 0 spiro atoms. The van der Waals surface area contributed by atoms with E-state index in [0.717, 1.165) is 11.1 Å². The van der Waals surface area contributed by atoms with Gasteiger partial charge in [0, 0.05) is 5.57 Å². The van der Waals surface area contributed by atoms with E-state index in [2.05, 4.69) is 0 Å². The van der Waals surface area contributed by atoms with Crippen molar-refractivity contribution in [1.82, 2.24) is 0 Å². The second-order valence-corrected chi connectivity index (χ2v) is 4.09. The number of rotatable bonds is 3. The first-order chi connectivity index (χ1) is 8.70. The van der Waals surface area contributed by atoms with Crippen LogP contribution in [0.5, 0.6) is 0 Å². The van der Waals surface area contributed by atoms with Gasteiger partial charge < -0.3 is 9.90 Å². The van der Waals surface area contributed by atoms with Crippen molar-refractivity contribution in [3.05, 3.63) is 76.8 Å². The van der Waals surface area contributed by atoms with E-state index in [-0.39, 0.29) is 56.4 Å². The monoisotopic (exact) mass is 296 g/mol. The minimum atomic E-state index is -1.38. The minimum Gasteiger partial charge on any atom is -0.544 e. The van der Waals surface area contributed by atoms with Crippen LogP contribution in [0.25, 0.3) is 5.57 Å². The van der Waals surface area contributed by atoms with Gasteiger partial charge in [-0.25, -0.2) is 0 Å². The second kappa shape index (κ2) is 8.00. The van der Waals surface area contributed by atoms with Crippen molar-refractivity contribution in [2.45, 2.75) is 0 Å². The summed E-state index contributed by atoms with van der Waals surface area (Å²) in [5.41, 5.74) is 1.97. The Morgan fingerprint density at radius 2 is 1.21 bits per heavy atom. The minimum absolute atomic E-state index is 0. The summed E-state index contributed by atoms with van der Waals surface area (Å²) in [6.45, 7) is 0. The molecule has 0 heterocycles. The molecule has 0 atom stereocenters. The largest absolute Gasteiger partial charge is 1.00 e. The van der Waals surface area contributed by atoms with Gasteiger partial charge in [0.05, 0.1) is 11.0 Å². The molecular weight excluding hydrogens is 287 g/mol. The fraction of sp³-hybridized carbons (Fsp3) is 0. The van der Waals surface area contributed by atoms with Crippen molar-refractivity contribution >= 4 is 23.1 Å². The second-order valence-electron chi connectivity index (χ2n) is 3.71. The molecule has 2 rings (SSSR count). The predicted molar refractivity (Wildman–Crippen MR) is 69.8 cm³/mol. The average molecular weight is 297 g/mol. The molecule has 0 fully saturated rings. The molecular formula is C15H10ClKO2. The maximum atomic E-state index is 11.0. The van der Waals surface area contributed by atoms with Crippen LogP contribution >= 0.6 is 11.6 Å². The Hall–Kier alpha value is -0.424. The van der Waals surface area contributed by atoms with E-state index in [1.165, 1.54) is 0 Å². The van der Waals surface area contributed by atoms with Crippen LogP contribution in [0.3, 0.4) is 0 Å². The van der Waals surface area contributed by atoms with Gasteiger partial charge >= 0.3 is 51.4 Å². The third-order valence-corrected chi connectivity index (χ3v) is 2.87.